The number of nitrogens with two attached hydrogens (primary N) is 1. The zero-order valence-corrected chi connectivity index (χ0v) is 11.5. The van der Waals surface area contributed by atoms with Gasteiger partial charge in [-0.2, -0.15) is 9.40 Å². The predicted molar refractivity (Wildman–Crippen MR) is 71.6 cm³/mol. The molecule has 0 amide bonds. The Morgan fingerprint density at radius 1 is 1.58 bits per heavy atom. The van der Waals surface area contributed by atoms with Gasteiger partial charge >= 0.3 is 0 Å². The van der Waals surface area contributed by atoms with Gasteiger partial charge in [-0.15, -0.1) is 6.42 Å². The molecule has 0 spiro atoms. The van der Waals surface area contributed by atoms with Crippen LogP contribution in [-0.2, 0) is 16.6 Å². The largest absolute Gasteiger partial charge is 0.329 e. The van der Waals surface area contributed by atoms with E-state index in [4.69, 9.17) is 12.2 Å². The van der Waals surface area contributed by atoms with Crippen LogP contribution in [0.1, 0.15) is 12.8 Å². The summed E-state index contributed by atoms with van der Waals surface area (Å²) in [6.45, 7) is 1.50. The number of sulfonamides is 1. The van der Waals surface area contributed by atoms with E-state index in [1.54, 1.807) is 0 Å². The van der Waals surface area contributed by atoms with Crippen molar-refractivity contribution < 1.29 is 8.42 Å². The Labute approximate surface area is 113 Å². The number of hydrogen-bond acceptors (Lipinski definition) is 4. The minimum Gasteiger partial charge on any atom is -0.329 e. The molecule has 0 saturated heterocycles. The number of hydrogen-bond donors (Lipinski definition) is 1. The molecule has 2 rings (SSSR count). The third-order valence-electron chi connectivity index (χ3n) is 3.03. The van der Waals surface area contributed by atoms with Gasteiger partial charge in [-0.25, -0.2) is 8.42 Å². The van der Waals surface area contributed by atoms with Gasteiger partial charge in [0.1, 0.15) is 4.90 Å². The zero-order chi connectivity index (χ0) is 13.9. The Morgan fingerprint density at radius 3 is 2.89 bits per heavy atom. The lowest BCUT2D eigenvalue weighted by atomic mass is 10.4. The standard InChI is InChI=1S/C12H18N4O2S/c1-2-6-16(9-11-3-4-11)19(17,18)12-8-14-15(10-12)7-5-13/h1,8,10-11H,3-7,9,13H2. The molecule has 0 unspecified atom stereocenters. The van der Waals surface area contributed by atoms with E-state index in [-0.39, 0.29) is 11.4 Å². The highest BCUT2D eigenvalue weighted by molar-refractivity contribution is 7.89. The summed E-state index contributed by atoms with van der Waals surface area (Å²) in [7, 11) is -3.55. The van der Waals surface area contributed by atoms with E-state index in [1.807, 2.05) is 0 Å². The van der Waals surface area contributed by atoms with Crippen LogP contribution >= 0.6 is 0 Å². The molecule has 1 fully saturated rings. The average Bonchev–Trinajstić information content (AvgIpc) is 3.05. The molecule has 0 aliphatic heterocycles. The minimum absolute atomic E-state index is 0.0981. The molecule has 0 radical (unpaired) electrons. The minimum atomic E-state index is -3.55. The lowest BCUT2D eigenvalue weighted by molar-refractivity contribution is 0.430. The fraction of sp³-hybridized carbons (Fsp3) is 0.583. The Morgan fingerprint density at radius 2 is 2.32 bits per heavy atom. The van der Waals surface area contributed by atoms with E-state index in [2.05, 4.69) is 11.0 Å². The van der Waals surface area contributed by atoms with Crippen molar-refractivity contribution in [2.75, 3.05) is 19.6 Å². The lowest BCUT2D eigenvalue weighted by Crippen LogP contribution is -2.33. The van der Waals surface area contributed by atoms with Crippen molar-refractivity contribution >= 4 is 10.0 Å². The van der Waals surface area contributed by atoms with E-state index in [0.29, 0.717) is 25.6 Å². The van der Waals surface area contributed by atoms with E-state index < -0.39 is 10.0 Å². The van der Waals surface area contributed by atoms with Crippen LogP contribution in [0.4, 0.5) is 0 Å². The summed E-state index contributed by atoms with van der Waals surface area (Å²) >= 11 is 0. The maximum absolute atomic E-state index is 12.4. The molecule has 7 heteroatoms. The average molecular weight is 282 g/mol. The molecular weight excluding hydrogens is 264 g/mol. The van der Waals surface area contributed by atoms with E-state index in [1.165, 1.54) is 21.4 Å². The molecule has 1 aromatic heterocycles. The fourth-order valence-corrected chi connectivity index (χ4v) is 3.20. The molecule has 1 aromatic rings. The monoisotopic (exact) mass is 282 g/mol. The Kier molecular flexibility index (Phi) is 4.24. The van der Waals surface area contributed by atoms with Crippen LogP contribution in [0, 0.1) is 18.3 Å². The van der Waals surface area contributed by atoms with Crippen molar-refractivity contribution in [1.82, 2.24) is 14.1 Å². The van der Waals surface area contributed by atoms with Gasteiger partial charge in [-0.3, -0.25) is 4.68 Å². The van der Waals surface area contributed by atoms with Crippen LogP contribution in [0.3, 0.4) is 0 Å². The van der Waals surface area contributed by atoms with Crippen LogP contribution in [-0.4, -0.2) is 42.1 Å². The van der Waals surface area contributed by atoms with Gasteiger partial charge in [-0.1, -0.05) is 5.92 Å². The van der Waals surface area contributed by atoms with Gasteiger partial charge in [0.2, 0.25) is 10.0 Å². The molecule has 0 atom stereocenters. The summed E-state index contributed by atoms with van der Waals surface area (Å²) in [6.07, 6.45) is 10.3. The first-order valence-electron chi connectivity index (χ1n) is 6.24. The summed E-state index contributed by atoms with van der Waals surface area (Å²) in [6, 6.07) is 0. The van der Waals surface area contributed by atoms with Gasteiger partial charge in [-0.05, 0) is 18.8 Å². The number of rotatable bonds is 7. The Bertz CT molecular complexity index is 569. The summed E-state index contributed by atoms with van der Waals surface area (Å²) in [5.74, 6) is 2.85. The molecule has 1 aliphatic carbocycles. The van der Waals surface area contributed by atoms with Crippen molar-refractivity contribution in [3.8, 4) is 12.3 Å². The second kappa shape index (κ2) is 5.74. The van der Waals surface area contributed by atoms with Crippen molar-refractivity contribution in [2.24, 2.45) is 11.7 Å². The second-order valence-electron chi connectivity index (χ2n) is 4.67. The maximum atomic E-state index is 12.4. The van der Waals surface area contributed by atoms with Crippen LogP contribution in [0.15, 0.2) is 17.3 Å². The molecule has 0 aromatic carbocycles. The highest BCUT2D eigenvalue weighted by atomic mass is 32.2. The van der Waals surface area contributed by atoms with Gasteiger partial charge in [0.05, 0.1) is 19.3 Å². The highest BCUT2D eigenvalue weighted by Crippen LogP contribution is 2.31. The van der Waals surface area contributed by atoms with Crippen LogP contribution in [0.2, 0.25) is 0 Å². The van der Waals surface area contributed by atoms with E-state index in [0.717, 1.165) is 12.8 Å². The van der Waals surface area contributed by atoms with Crippen molar-refractivity contribution in [1.29, 1.82) is 0 Å². The molecule has 2 N–H and O–H groups in total. The van der Waals surface area contributed by atoms with E-state index >= 15 is 0 Å². The zero-order valence-electron chi connectivity index (χ0n) is 10.7. The van der Waals surface area contributed by atoms with Gasteiger partial charge in [0.25, 0.3) is 0 Å². The van der Waals surface area contributed by atoms with Gasteiger partial charge < -0.3 is 5.73 Å². The van der Waals surface area contributed by atoms with Crippen LogP contribution < -0.4 is 5.73 Å². The summed E-state index contributed by atoms with van der Waals surface area (Å²) in [5, 5.41) is 3.99. The molecule has 19 heavy (non-hydrogen) atoms. The quantitative estimate of drug-likeness (QED) is 0.707. The molecule has 104 valence electrons. The lowest BCUT2D eigenvalue weighted by Gasteiger charge is -2.18. The molecule has 1 saturated carbocycles. The summed E-state index contributed by atoms with van der Waals surface area (Å²) in [5.41, 5.74) is 5.41. The molecule has 1 aliphatic rings. The first-order valence-corrected chi connectivity index (χ1v) is 7.68. The van der Waals surface area contributed by atoms with Crippen LogP contribution in [0.25, 0.3) is 0 Å². The third kappa shape index (κ3) is 3.35. The van der Waals surface area contributed by atoms with Crippen molar-refractivity contribution in [2.45, 2.75) is 24.3 Å². The van der Waals surface area contributed by atoms with E-state index in [9.17, 15) is 8.42 Å². The topological polar surface area (TPSA) is 81.2 Å². The van der Waals surface area contributed by atoms with Crippen molar-refractivity contribution in [3.63, 3.8) is 0 Å². The first kappa shape index (κ1) is 14.1. The molecule has 1 heterocycles. The SMILES string of the molecule is C#CCN(CC1CC1)S(=O)(=O)c1cnn(CCN)c1. The Hall–Kier alpha value is -1.36. The normalized spacial score (nSPS) is 15.6. The number of aromatic nitrogens is 2. The molecular formula is C12H18N4O2S. The summed E-state index contributed by atoms with van der Waals surface area (Å²) < 4.78 is 27.8. The molecule has 0 bridgehead atoms. The first-order chi connectivity index (χ1) is 9.07. The Balaban J connectivity index is 2.19. The predicted octanol–water partition coefficient (Wildman–Crippen LogP) is -0.124. The van der Waals surface area contributed by atoms with Crippen molar-refractivity contribution in [3.05, 3.63) is 12.4 Å². The number of terminal acetylenes is 1. The molecule has 6 nitrogen and oxygen atoms in total. The van der Waals surface area contributed by atoms with Gasteiger partial charge in [0.15, 0.2) is 0 Å². The third-order valence-corrected chi connectivity index (χ3v) is 4.80. The smallest absolute Gasteiger partial charge is 0.247 e. The summed E-state index contributed by atoms with van der Waals surface area (Å²) in [4.78, 5) is 0.178. The van der Waals surface area contributed by atoms with Gasteiger partial charge in [0, 0.05) is 19.3 Å². The maximum Gasteiger partial charge on any atom is 0.247 e. The number of nitrogens with zero attached hydrogens (tertiary/aromatic N) is 3. The highest BCUT2D eigenvalue weighted by Gasteiger charge is 2.31. The van der Waals surface area contributed by atoms with Crippen LogP contribution in [0.5, 0.6) is 0 Å². The fourth-order valence-electron chi connectivity index (χ4n) is 1.82. The second-order valence-corrected chi connectivity index (χ2v) is 6.61.